The maximum atomic E-state index is 5.13. The first-order valence-corrected chi connectivity index (χ1v) is 11.7. The molecule has 158 valence electrons. The van der Waals surface area contributed by atoms with Crippen LogP contribution in [0.2, 0.25) is 0 Å². The molecule has 0 aliphatic carbocycles. The van der Waals surface area contributed by atoms with Crippen molar-refractivity contribution >= 4 is 36.5 Å². The Morgan fingerprint density at radius 2 is 1.57 bits per heavy atom. The van der Waals surface area contributed by atoms with Gasteiger partial charge in [-0.15, -0.1) is 0 Å². The number of thiocarbonyl (C=S) groups is 1. The Morgan fingerprint density at radius 1 is 1.04 bits per heavy atom. The molecule has 0 aromatic carbocycles. The Hall–Kier alpha value is 0.410. The van der Waals surface area contributed by atoms with Gasteiger partial charge in [-0.25, -0.2) is 4.99 Å². The second kappa shape index (κ2) is 20.7. The van der Waals surface area contributed by atoms with Crippen molar-refractivity contribution in [3.8, 4) is 0 Å². The van der Waals surface area contributed by atoms with E-state index in [0.717, 1.165) is 6.54 Å². The van der Waals surface area contributed by atoms with Gasteiger partial charge in [-0.05, 0) is 50.9 Å². The van der Waals surface area contributed by atoms with Crippen LogP contribution in [-0.2, 0) is 0 Å². The average molecular weight is 437 g/mol. The third kappa shape index (κ3) is 16.2. The summed E-state index contributed by atoms with van der Waals surface area (Å²) in [6.07, 6.45) is 25.0. The van der Waals surface area contributed by atoms with E-state index in [4.69, 9.17) is 12.2 Å². The Bertz CT molecular complexity index is 439. The molecular weight excluding hydrogens is 395 g/mol. The molecule has 7 heteroatoms. The molecule has 4 nitrogen and oxygen atoms in total. The first kappa shape index (κ1) is 28.4. The van der Waals surface area contributed by atoms with Crippen LogP contribution in [0.4, 0.5) is 0 Å². The van der Waals surface area contributed by atoms with Crippen molar-refractivity contribution in [1.29, 1.82) is 0 Å². The number of unbranched alkanes of at least 4 members (excludes halogenated alkanes) is 12. The van der Waals surface area contributed by atoms with Crippen LogP contribution >= 0.6 is 25.0 Å². The van der Waals surface area contributed by atoms with Gasteiger partial charge in [0.2, 0.25) is 0 Å². The Balaban J connectivity index is 0. The molecule has 0 aromatic heterocycles. The fourth-order valence-corrected chi connectivity index (χ4v) is 3.39. The second-order valence-electron chi connectivity index (χ2n) is 7.35. The van der Waals surface area contributed by atoms with E-state index in [1.165, 1.54) is 94.2 Å². The molecule has 1 aliphatic heterocycles. The smallest absolute Gasteiger partial charge is 1.00 e. The van der Waals surface area contributed by atoms with Crippen molar-refractivity contribution in [2.45, 2.75) is 103 Å². The first-order chi connectivity index (χ1) is 13.2. The summed E-state index contributed by atoms with van der Waals surface area (Å²) in [5.41, 5.74) is 0. The van der Waals surface area contributed by atoms with E-state index in [9.17, 15) is 0 Å². The molecular formula is C21H41N4NaS2. The number of hydrogen-bond donors (Lipinski definition) is 3. The van der Waals surface area contributed by atoms with Gasteiger partial charge in [0.15, 0.2) is 11.4 Å². The summed E-state index contributed by atoms with van der Waals surface area (Å²) in [5, 5.41) is 7.03. The largest absolute Gasteiger partial charge is 1.00 e. The van der Waals surface area contributed by atoms with Crippen molar-refractivity contribution in [3.05, 3.63) is 12.2 Å². The van der Waals surface area contributed by atoms with Gasteiger partial charge >= 0.3 is 29.6 Å². The first-order valence-electron chi connectivity index (χ1n) is 10.9. The topological polar surface area (TPSA) is 39.7 Å². The van der Waals surface area contributed by atoms with E-state index in [-0.39, 0.29) is 37.3 Å². The van der Waals surface area contributed by atoms with E-state index in [2.05, 4.69) is 47.5 Å². The third-order valence-electron chi connectivity index (χ3n) is 4.82. The number of rotatable bonds is 17. The van der Waals surface area contributed by atoms with Crippen molar-refractivity contribution in [2.24, 2.45) is 4.99 Å². The normalized spacial score (nSPS) is 16.4. The van der Waals surface area contributed by atoms with Crippen molar-refractivity contribution in [1.82, 2.24) is 14.9 Å². The van der Waals surface area contributed by atoms with E-state index >= 15 is 0 Å². The van der Waals surface area contributed by atoms with Gasteiger partial charge in [0.05, 0.1) is 0 Å². The number of hydrogen-bond acceptors (Lipinski definition) is 4. The van der Waals surface area contributed by atoms with Crippen molar-refractivity contribution < 1.29 is 31.0 Å². The summed E-state index contributed by atoms with van der Waals surface area (Å²) in [4.78, 5) is 4.28. The zero-order valence-electron chi connectivity index (χ0n) is 19.2. The minimum Gasteiger partial charge on any atom is -1.00 e. The zero-order chi connectivity index (χ0) is 19.6. The molecule has 0 saturated heterocycles. The molecule has 1 rings (SSSR count). The van der Waals surface area contributed by atoms with Crippen LogP contribution in [0.3, 0.4) is 0 Å². The Kier molecular flexibility index (Phi) is 21.0. The summed E-state index contributed by atoms with van der Waals surface area (Å²) in [5.74, 6) is 0. The predicted molar refractivity (Wildman–Crippen MR) is 127 cm³/mol. The number of nitrogens with zero attached hydrogens (tertiary/aromatic N) is 2. The molecule has 0 saturated carbocycles. The van der Waals surface area contributed by atoms with E-state index < -0.39 is 0 Å². The molecule has 1 atom stereocenters. The fraction of sp³-hybridized carbons (Fsp3) is 0.810. The molecule has 1 aliphatic rings. The summed E-state index contributed by atoms with van der Waals surface area (Å²) in [6.45, 7) is 3.24. The van der Waals surface area contributed by atoms with Gasteiger partial charge in [-0.2, -0.15) is 0 Å². The van der Waals surface area contributed by atoms with Crippen LogP contribution in [0.1, 0.15) is 98.2 Å². The molecule has 0 fully saturated rings. The van der Waals surface area contributed by atoms with Gasteiger partial charge in [0, 0.05) is 0 Å². The minimum absolute atomic E-state index is 0. The summed E-state index contributed by atoms with van der Waals surface area (Å²) >= 11 is 9.28. The van der Waals surface area contributed by atoms with E-state index in [1.807, 2.05) is 0 Å². The third-order valence-corrected chi connectivity index (χ3v) is 5.57. The van der Waals surface area contributed by atoms with Gasteiger partial charge in [0.1, 0.15) is 6.34 Å². The summed E-state index contributed by atoms with van der Waals surface area (Å²) in [7, 11) is 0. The Labute approximate surface area is 208 Å². The van der Waals surface area contributed by atoms with Gasteiger partial charge in [-0.1, -0.05) is 89.7 Å². The number of allylic oxidation sites excluding steroid dienone is 2. The molecule has 2 N–H and O–H groups in total. The van der Waals surface area contributed by atoms with Crippen LogP contribution in [0, 0.1) is 0 Å². The molecule has 0 bridgehead atoms. The SMILES string of the molecule is CCCCCCCC/C=C\CCCCCCCCNC1N=CN(S)C(=S)N1.[H-].[Na+]. The number of aliphatic imine (C=N–C) groups is 1. The Morgan fingerprint density at radius 3 is 2.14 bits per heavy atom. The predicted octanol–water partition coefficient (Wildman–Crippen LogP) is 3.08. The van der Waals surface area contributed by atoms with Crippen LogP contribution in [0.15, 0.2) is 17.1 Å². The second-order valence-corrected chi connectivity index (χ2v) is 8.17. The number of nitrogens with one attached hydrogen (secondary N) is 2. The van der Waals surface area contributed by atoms with E-state index in [0.29, 0.717) is 5.11 Å². The van der Waals surface area contributed by atoms with E-state index in [1.54, 1.807) is 6.34 Å². The zero-order valence-corrected chi connectivity index (χ0v) is 21.9. The fourth-order valence-electron chi connectivity index (χ4n) is 3.12. The molecule has 28 heavy (non-hydrogen) atoms. The quantitative estimate of drug-likeness (QED) is 0.108. The van der Waals surface area contributed by atoms with Crippen molar-refractivity contribution in [3.63, 3.8) is 0 Å². The molecule has 0 spiro atoms. The summed E-state index contributed by atoms with van der Waals surface area (Å²) in [6, 6.07) is 0. The van der Waals surface area contributed by atoms with Gasteiger partial charge in [-0.3, -0.25) is 9.62 Å². The monoisotopic (exact) mass is 436 g/mol. The molecule has 0 amide bonds. The summed E-state index contributed by atoms with van der Waals surface area (Å²) < 4.78 is 1.51. The molecule has 1 heterocycles. The standard InChI is InChI=1S/C21H40N4S2.Na.H/c1-2-3-4-5-6-7-8-9-10-11-12-13-14-15-16-17-18-22-20-23-19-25(27)21(26)24-20;;/h9-10,19-20,22,27H,2-8,11-18H2,1H3,(H,24,26);;/q;+1;-1/b10-9-;;. The van der Waals surface area contributed by atoms with Gasteiger partial charge < -0.3 is 6.74 Å². The average Bonchev–Trinajstić information content (AvgIpc) is 2.67. The van der Waals surface area contributed by atoms with Crippen LogP contribution < -0.4 is 40.2 Å². The van der Waals surface area contributed by atoms with Gasteiger partial charge in [0.25, 0.3) is 0 Å². The van der Waals surface area contributed by atoms with Crippen LogP contribution in [-0.4, -0.2) is 28.6 Å². The van der Waals surface area contributed by atoms with Crippen LogP contribution in [0.25, 0.3) is 0 Å². The molecule has 0 aromatic rings. The maximum Gasteiger partial charge on any atom is 1.00 e. The number of thiol groups is 1. The molecule has 1 unspecified atom stereocenters. The minimum atomic E-state index is -0.107. The maximum absolute atomic E-state index is 5.13. The molecule has 0 radical (unpaired) electrons. The van der Waals surface area contributed by atoms with Crippen LogP contribution in [0.5, 0.6) is 0 Å². The van der Waals surface area contributed by atoms with Crippen molar-refractivity contribution in [2.75, 3.05) is 6.54 Å².